The molecule has 0 saturated carbocycles. The first-order valence-corrected chi connectivity index (χ1v) is 8.47. The monoisotopic (exact) mass is 341 g/mol. The number of piperazine rings is 1. The number of aromatic nitrogens is 1. The van der Waals surface area contributed by atoms with Crippen LogP contribution in [0.4, 0.5) is 5.69 Å². The summed E-state index contributed by atoms with van der Waals surface area (Å²) in [6, 6.07) is 15.4. The van der Waals surface area contributed by atoms with Crippen molar-refractivity contribution in [3.8, 4) is 5.75 Å². The van der Waals surface area contributed by atoms with E-state index in [2.05, 4.69) is 9.80 Å². The molecule has 1 N–H and O–H groups in total. The fourth-order valence-corrected chi connectivity index (χ4v) is 3.46. The lowest BCUT2D eigenvalue weighted by Gasteiger charge is -2.36. The number of fused-ring (bicyclic) bond motifs is 1. The first-order valence-electron chi connectivity index (χ1n) is 8.06. The van der Waals surface area contributed by atoms with Crippen molar-refractivity contribution in [2.45, 2.75) is 6.67 Å². The highest BCUT2D eigenvalue weighted by Gasteiger charge is 2.20. The van der Waals surface area contributed by atoms with Crippen LogP contribution in [0.5, 0.6) is 5.75 Å². The van der Waals surface area contributed by atoms with E-state index < -0.39 is 0 Å². The van der Waals surface area contributed by atoms with E-state index in [0.29, 0.717) is 10.6 Å². The van der Waals surface area contributed by atoms with Gasteiger partial charge in [-0.1, -0.05) is 24.3 Å². The molecule has 0 atom stereocenters. The predicted octanol–water partition coefficient (Wildman–Crippen LogP) is 3.45. The van der Waals surface area contributed by atoms with Gasteiger partial charge in [0.25, 0.3) is 4.84 Å². The van der Waals surface area contributed by atoms with E-state index in [1.54, 1.807) is 6.07 Å². The number of oxazole rings is 1. The molecular formula is C18H19N3O2S. The SMILES string of the molecule is Oc1ccccc1N1CCN(Cn2c(=S)oc3ccccc32)CC1. The van der Waals surface area contributed by atoms with Gasteiger partial charge in [-0.05, 0) is 36.5 Å². The summed E-state index contributed by atoms with van der Waals surface area (Å²) < 4.78 is 7.70. The largest absolute Gasteiger partial charge is 0.506 e. The Bertz CT molecular complexity index is 910. The highest BCUT2D eigenvalue weighted by atomic mass is 32.1. The van der Waals surface area contributed by atoms with Crippen molar-refractivity contribution in [2.75, 3.05) is 31.1 Å². The van der Waals surface area contributed by atoms with Crippen LogP contribution in [-0.2, 0) is 6.67 Å². The van der Waals surface area contributed by atoms with E-state index in [1.807, 2.05) is 47.0 Å². The number of benzene rings is 2. The van der Waals surface area contributed by atoms with Crippen molar-refractivity contribution < 1.29 is 9.52 Å². The van der Waals surface area contributed by atoms with Gasteiger partial charge in [0.05, 0.1) is 17.9 Å². The van der Waals surface area contributed by atoms with Gasteiger partial charge in [0.2, 0.25) is 0 Å². The summed E-state index contributed by atoms with van der Waals surface area (Å²) >= 11 is 5.36. The number of anilines is 1. The molecule has 0 unspecified atom stereocenters. The molecular weight excluding hydrogens is 322 g/mol. The number of hydrogen-bond donors (Lipinski definition) is 1. The lowest BCUT2D eigenvalue weighted by atomic mass is 10.2. The highest BCUT2D eigenvalue weighted by molar-refractivity contribution is 7.71. The van der Waals surface area contributed by atoms with Crippen molar-refractivity contribution in [1.82, 2.24) is 9.47 Å². The topological polar surface area (TPSA) is 44.8 Å². The summed E-state index contributed by atoms with van der Waals surface area (Å²) in [7, 11) is 0. The van der Waals surface area contributed by atoms with Crippen LogP contribution in [0.25, 0.3) is 11.1 Å². The minimum absolute atomic E-state index is 0.342. The molecule has 2 heterocycles. The summed E-state index contributed by atoms with van der Waals surface area (Å²) in [5, 5.41) is 10.0. The molecule has 0 radical (unpaired) electrons. The number of rotatable bonds is 3. The molecule has 6 heteroatoms. The van der Waals surface area contributed by atoms with Gasteiger partial charge in [0, 0.05) is 26.2 Å². The Hall–Kier alpha value is -2.31. The van der Waals surface area contributed by atoms with E-state index in [-0.39, 0.29) is 0 Å². The van der Waals surface area contributed by atoms with Crippen LogP contribution in [0, 0.1) is 4.84 Å². The Morgan fingerprint density at radius 3 is 2.46 bits per heavy atom. The first kappa shape index (κ1) is 15.2. The van der Waals surface area contributed by atoms with Crippen molar-refractivity contribution >= 4 is 29.0 Å². The van der Waals surface area contributed by atoms with E-state index in [1.165, 1.54) is 0 Å². The fourth-order valence-electron chi connectivity index (χ4n) is 3.21. The zero-order chi connectivity index (χ0) is 16.5. The Balaban J connectivity index is 1.48. The van der Waals surface area contributed by atoms with E-state index in [9.17, 15) is 5.11 Å². The second-order valence-electron chi connectivity index (χ2n) is 6.00. The maximum Gasteiger partial charge on any atom is 0.270 e. The van der Waals surface area contributed by atoms with Crippen LogP contribution in [0.2, 0.25) is 0 Å². The number of phenols is 1. The van der Waals surface area contributed by atoms with Crippen LogP contribution in [0.15, 0.2) is 52.9 Å². The predicted molar refractivity (Wildman–Crippen MR) is 96.9 cm³/mol. The quantitative estimate of drug-likeness (QED) is 0.739. The molecule has 0 bridgehead atoms. The van der Waals surface area contributed by atoms with Gasteiger partial charge in [-0.3, -0.25) is 9.47 Å². The van der Waals surface area contributed by atoms with Gasteiger partial charge < -0.3 is 14.4 Å². The molecule has 0 amide bonds. The summed E-state index contributed by atoms with van der Waals surface area (Å²) in [5.41, 5.74) is 2.77. The van der Waals surface area contributed by atoms with Crippen LogP contribution in [0.3, 0.4) is 0 Å². The zero-order valence-electron chi connectivity index (χ0n) is 13.3. The number of aromatic hydroxyl groups is 1. The maximum atomic E-state index is 10.0. The molecule has 1 saturated heterocycles. The third kappa shape index (κ3) is 2.79. The molecule has 24 heavy (non-hydrogen) atoms. The third-order valence-electron chi connectivity index (χ3n) is 4.51. The average Bonchev–Trinajstić information content (AvgIpc) is 2.92. The number of para-hydroxylation sites is 4. The van der Waals surface area contributed by atoms with E-state index in [0.717, 1.165) is 49.6 Å². The van der Waals surface area contributed by atoms with Gasteiger partial charge in [0.15, 0.2) is 5.58 Å². The molecule has 1 fully saturated rings. The lowest BCUT2D eigenvalue weighted by Crippen LogP contribution is -2.46. The van der Waals surface area contributed by atoms with Crippen LogP contribution >= 0.6 is 12.2 Å². The van der Waals surface area contributed by atoms with Crippen molar-refractivity contribution in [3.63, 3.8) is 0 Å². The Morgan fingerprint density at radius 2 is 1.67 bits per heavy atom. The highest BCUT2D eigenvalue weighted by Crippen LogP contribution is 2.27. The molecule has 0 spiro atoms. The Morgan fingerprint density at radius 1 is 0.958 bits per heavy atom. The summed E-state index contributed by atoms with van der Waals surface area (Å²) in [6.45, 7) is 4.30. The molecule has 5 nitrogen and oxygen atoms in total. The van der Waals surface area contributed by atoms with Crippen LogP contribution in [0.1, 0.15) is 0 Å². The molecule has 0 aliphatic carbocycles. The minimum Gasteiger partial charge on any atom is -0.506 e. The maximum absolute atomic E-state index is 10.0. The minimum atomic E-state index is 0.342. The van der Waals surface area contributed by atoms with Gasteiger partial charge in [0.1, 0.15) is 5.75 Å². The lowest BCUT2D eigenvalue weighted by molar-refractivity contribution is 0.204. The van der Waals surface area contributed by atoms with Crippen molar-refractivity contribution in [1.29, 1.82) is 0 Å². The van der Waals surface area contributed by atoms with E-state index >= 15 is 0 Å². The van der Waals surface area contributed by atoms with Gasteiger partial charge >= 0.3 is 0 Å². The molecule has 1 aromatic heterocycles. The normalized spacial score (nSPS) is 15.9. The van der Waals surface area contributed by atoms with Crippen LogP contribution in [-0.4, -0.2) is 40.8 Å². The first-order chi connectivity index (χ1) is 11.7. The molecule has 4 rings (SSSR count). The molecule has 124 valence electrons. The summed E-state index contributed by atoms with van der Waals surface area (Å²) in [4.78, 5) is 5.09. The van der Waals surface area contributed by atoms with Gasteiger partial charge in [-0.2, -0.15) is 0 Å². The third-order valence-corrected chi connectivity index (χ3v) is 4.81. The summed E-state index contributed by atoms with van der Waals surface area (Å²) in [5.74, 6) is 0.342. The Kier molecular flexibility index (Phi) is 4.00. The van der Waals surface area contributed by atoms with Gasteiger partial charge in [-0.15, -0.1) is 0 Å². The summed E-state index contributed by atoms with van der Waals surface area (Å²) in [6.07, 6.45) is 0. The Labute approximate surface area is 145 Å². The molecule has 1 aliphatic heterocycles. The number of nitrogens with zero attached hydrogens (tertiary/aromatic N) is 3. The van der Waals surface area contributed by atoms with E-state index in [4.69, 9.17) is 16.6 Å². The molecule has 2 aromatic carbocycles. The second kappa shape index (κ2) is 6.30. The molecule has 1 aliphatic rings. The van der Waals surface area contributed by atoms with Crippen molar-refractivity contribution in [3.05, 3.63) is 53.4 Å². The molecule has 3 aromatic rings. The van der Waals surface area contributed by atoms with Gasteiger partial charge in [-0.25, -0.2) is 0 Å². The number of hydrogen-bond acceptors (Lipinski definition) is 5. The fraction of sp³-hybridized carbons (Fsp3) is 0.278. The van der Waals surface area contributed by atoms with Crippen LogP contribution < -0.4 is 4.90 Å². The zero-order valence-corrected chi connectivity index (χ0v) is 14.1. The average molecular weight is 341 g/mol. The second-order valence-corrected chi connectivity index (χ2v) is 6.35. The standard InChI is InChI=1S/C18H19N3O2S/c22-16-7-3-1-5-14(16)20-11-9-19(10-12-20)13-21-15-6-2-4-8-17(15)23-18(21)24/h1-8,22H,9-13H2. The smallest absolute Gasteiger partial charge is 0.270 e. The number of phenolic OH excluding ortho intramolecular Hbond substituents is 1. The van der Waals surface area contributed by atoms with Crippen molar-refractivity contribution in [2.24, 2.45) is 0 Å².